The number of rotatable bonds is 6. The van der Waals surface area contributed by atoms with Gasteiger partial charge in [0.05, 0.1) is 5.69 Å². The van der Waals surface area contributed by atoms with Gasteiger partial charge in [0.1, 0.15) is 13.3 Å². The van der Waals surface area contributed by atoms with Crippen molar-refractivity contribution >= 4 is 46.4 Å². The molecule has 2 aromatic carbocycles. The summed E-state index contributed by atoms with van der Waals surface area (Å²) in [5.74, 6) is -0.0869. The van der Waals surface area contributed by atoms with Crippen molar-refractivity contribution in [2.75, 3.05) is 9.80 Å². The summed E-state index contributed by atoms with van der Waals surface area (Å²) in [4.78, 5) is 27.0. The molecular formula is C27H30Cl2N6O2. The third kappa shape index (κ3) is 7.21. The predicted molar refractivity (Wildman–Crippen MR) is 148 cm³/mol. The van der Waals surface area contributed by atoms with Crippen LogP contribution in [0.5, 0.6) is 0 Å². The lowest BCUT2D eigenvalue weighted by Gasteiger charge is -2.24. The molecule has 0 N–H and O–H groups in total. The van der Waals surface area contributed by atoms with Gasteiger partial charge in [-0.15, -0.1) is 0 Å². The van der Waals surface area contributed by atoms with Crippen molar-refractivity contribution in [3.8, 4) is 0 Å². The van der Waals surface area contributed by atoms with Crippen LogP contribution in [0.3, 0.4) is 0 Å². The Bertz CT molecular complexity index is 1350. The van der Waals surface area contributed by atoms with Gasteiger partial charge < -0.3 is 0 Å². The second-order valence-corrected chi connectivity index (χ2v) is 9.36. The van der Waals surface area contributed by atoms with Crippen LogP contribution in [0.25, 0.3) is 0 Å². The van der Waals surface area contributed by atoms with E-state index in [4.69, 9.17) is 23.2 Å². The summed E-state index contributed by atoms with van der Waals surface area (Å²) in [7, 11) is 0. The second-order valence-electron chi connectivity index (χ2n) is 8.54. The van der Waals surface area contributed by atoms with E-state index in [1.54, 1.807) is 38.5 Å². The molecule has 0 fully saturated rings. The molecular weight excluding hydrogens is 511 g/mol. The zero-order valence-electron chi connectivity index (χ0n) is 21.5. The lowest BCUT2D eigenvalue weighted by Crippen LogP contribution is -2.31. The number of halogens is 2. The first-order valence-corrected chi connectivity index (χ1v) is 12.4. The van der Waals surface area contributed by atoms with E-state index < -0.39 is 0 Å². The summed E-state index contributed by atoms with van der Waals surface area (Å²) in [5.41, 5.74) is 4.45. The van der Waals surface area contributed by atoms with E-state index in [2.05, 4.69) is 10.2 Å². The maximum atomic E-state index is 11.9. The molecule has 0 aliphatic rings. The summed E-state index contributed by atoms with van der Waals surface area (Å²) in [5, 5.41) is 9.55. The number of hydrogen-bond donors (Lipinski definition) is 0. The fourth-order valence-corrected chi connectivity index (χ4v) is 4.15. The van der Waals surface area contributed by atoms with E-state index in [-0.39, 0.29) is 11.8 Å². The van der Waals surface area contributed by atoms with Gasteiger partial charge in [0, 0.05) is 54.4 Å². The summed E-state index contributed by atoms with van der Waals surface area (Å²) >= 11 is 12.3. The zero-order valence-corrected chi connectivity index (χ0v) is 23.0. The van der Waals surface area contributed by atoms with Crippen molar-refractivity contribution in [1.82, 2.24) is 19.6 Å². The molecule has 4 aromatic rings. The topological polar surface area (TPSA) is 76.3 Å². The highest BCUT2D eigenvalue weighted by atomic mass is 35.5. The zero-order chi connectivity index (χ0) is 27.1. The van der Waals surface area contributed by atoms with Gasteiger partial charge in [-0.3, -0.25) is 28.8 Å². The predicted octanol–water partition coefficient (Wildman–Crippen LogP) is 6.02. The van der Waals surface area contributed by atoms with Crippen LogP contribution in [-0.4, -0.2) is 31.4 Å². The molecule has 8 nitrogen and oxygen atoms in total. The molecule has 0 atom stereocenters. The molecule has 0 spiro atoms. The third-order valence-electron chi connectivity index (χ3n) is 5.73. The van der Waals surface area contributed by atoms with Crippen molar-refractivity contribution in [1.29, 1.82) is 0 Å². The molecule has 0 unspecified atom stereocenters. The Morgan fingerprint density at radius 2 is 1.27 bits per heavy atom. The Balaban J connectivity index is 0.000000206. The molecule has 2 aromatic heterocycles. The Morgan fingerprint density at radius 3 is 1.76 bits per heavy atom. The van der Waals surface area contributed by atoms with Crippen molar-refractivity contribution in [3.63, 3.8) is 0 Å². The first kappa shape index (κ1) is 28.0. The summed E-state index contributed by atoms with van der Waals surface area (Å²) in [6.45, 7) is 9.60. The van der Waals surface area contributed by atoms with Gasteiger partial charge in [0.15, 0.2) is 0 Å². The van der Waals surface area contributed by atoms with Crippen LogP contribution >= 0.6 is 23.2 Å². The number of nitrogens with zero attached hydrogens (tertiary/aromatic N) is 6. The van der Waals surface area contributed by atoms with E-state index in [9.17, 15) is 9.59 Å². The van der Waals surface area contributed by atoms with Gasteiger partial charge in [0.25, 0.3) is 0 Å². The molecule has 37 heavy (non-hydrogen) atoms. The summed E-state index contributed by atoms with van der Waals surface area (Å²) in [6, 6.07) is 13.0. The molecule has 0 aliphatic heterocycles. The highest BCUT2D eigenvalue weighted by Gasteiger charge is 2.17. The SMILES string of the molecule is CC(=O)N(Cn1cccn1)c1cc(C)cc(Cl)c1C.CC(=O)N(Cn1cccn1)c1cccc(Cl)c1C. The average Bonchev–Trinajstić information content (AvgIpc) is 3.55. The van der Waals surface area contributed by atoms with Gasteiger partial charge in [-0.25, -0.2) is 0 Å². The van der Waals surface area contributed by atoms with Crippen LogP contribution in [0.1, 0.15) is 30.5 Å². The van der Waals surface area contributed by atoms with E-state index in [0.29, 0.717) is 23.4 Å². The van der Waals surface area contributed by atoms with Gasteiger partial charge in [0.2, 0.25) is 11.8 Å². The lowest BCUT2D eigenvalue weighted by atomic mass is 10.1. The number of aromatic nitrogens is 4. The molecule has 194 valence electrons. The maximum absolute atomic E-state index is 11.9. The van der Waals surface area contributed by atoms with E-state index in [1.807, 2.05) is 75.6 Å². The van der Waals surface area contributed by atoms with Crippen molar-refractivity contribution in [2.45, 2.75) is 48.0 Å². The van der Waals surface area contributed by atoms with Crippen LogP contribution in [0.4, 0.5) is 11.4 Å². The summed E-state index contributed by atoms with van der Waals surface area (Å²) < 4.78 is 3.40. The smallest absolute Gasteiger partial charge is 0.225 e. The Kier molecular flexibility index (Phi) is 9.49. The number of aryl methyl sites for hydroxylation is 1. The average molecular weight is 541 g/mol. The van der Waals surface area contributed by atoms with Gasteiger partial charge >= 0.3 is 0 Å². The minimum absolute atomic E-state index is 0.0414. The molecule has 2 amide bonds. The normalized spacial score (nSPS) is 10.5. The van der Waals surface area contributed by atoms with Gasteiger partial charge in [-0.05, 0) is 73.9 Å². The Hall–Kier alpha value is -3.62. The fraction of sp³-hybridized carbons (Fsp3) is 0.259. The minimum Gasteiger partial charge on any atom is -0.292 e. The van der Waals surface area contributed by atoms with Crippen LogP contribution in [0.2, 0.25) is 10.0 Å². The third-order valence-corrected chi connectivity index (χ3v) is 6.54. The van der Waals surface area contributed by atoms with Crippen LogP contribution in [-0.2, 0) is 22.9 Å². The number of carbonyl (C=O) groups excluding carboxylic acids is 2. The monoisotopic (exact) mass is 540 g/mol. The van der Waals surface area contributed by atoms with E-state index in [1.165, 1.54) is 6.92 Å². The first-order valence-electron chi connectivity index (χ1n) is 11.6. The lowest BCUT2D eigenvalue weighted by molar-refractivity contribution is -0.117. The molecule has 0 bridgehead atoms. The fourth-order valence-electron chi connectivity index (χ4n) is 3.71. The number of benzene rings is 2. The minimum atomic E-state index is -0.0455. The maximum Gasteiger partial charge on any atom is 0.225 e. The van der Waals surface area contributed by atoms with Crippen LogP contribution in [0.15, 0.2) is 67.3 Å². The molecule has 0 aliphatic carbocycles. The number of amides is 2. The first-order chi connectivity index (χ1) is 17.6. The van der Waals surface area contributed by atoms with Gasteiger partial charge in [-0.2, -0.15) is 10.2 Å². The molecule has 0 saturated heterocycles. The second kappa shape index (κ2) is 12.6. The molecule has 0 saturated carbocycles. The Labute approximate surface area is 227 Å². The van der Waals surface area contributed by atoms with Gasteiger partial charge in [-0.1, -0.05) is 29.3 Å². The van der Waals surface area contributed by atoms with Crippen molar-refractivity contribution < 1.29 is 9.59 Å². The quantitative estimate of drug-likeness (QED) is 0.299. The standard InChI is InChI=1S/C14H16ClN3O.C13H14ClN3O/c1-10-7-13(15)11(2)14(8-10)18(12(3)19)9-17-6-4-5-16-17;1-10-12(14)5-3-6-13(10)17(11(2)18)9-16-8-4-7-15-16/h4-8H,9H2,1-3H3;3-8H,9H2,1-2H3. The van der Waals surface area contributed by atoms with Crippen LogP contribution < -0.4 is 9.80 Å². The van der Waals surface area contributed by atoms with E-state index in [0.717, 1.165) is 28.1 Å². The van der Waals surface area contributed by atoms with Crippen molar-refractivity contribution in [3.05, 3.63) is 94.0 Å². The molecule has 0 radical (unpaired) electrons. The molecule has 2 heterocycles. The summed E-state index contributed by atoms with van der Waals surface area (Å²) in [6.07, 6.45) is 7.01. The number of anilines is 2. The van der Waals surface area contributed by atoms with Crippen molar-refractivity contribution in [2.24, 2.45) is 0 Å². The Morgan fingerprint density at radius 1 is 0.757 bits per heavy atom. The van der Waals surface area contributed by atoms with Crippen LogP contribution in [0, 0.1) is 20.8 Å². The number of carbonyl (C=O) groups is 2. The molecule has 10 heteroatoms. The van der Waals surface area contributed by atoms with E-state index >= 15 is 0 Å². The highest BCUT2D eigenvalue weighted by molar-refractivity contribution is 6.32. The largest absolute Gasteiger partial charge is 0.292 e. The number of hydrogen-bond acceptors (Lipinski definition) is 4. The molecule has 4 rings (SSSR count). The highest BCUT2D eigenvalue weighted by Crippen LogP contribution is 2.29.